The molecule has 1 saturated heterocycles. The van der Waals surface area contributed by atoms with Crippen LogP contribution in [0.5, 0.6) is 5.75 Å². The molecule has 2 heterocycles. The fourth-order valence-electron chi connectivity index (χ4n) is 2.93. The van der Waals surface area contributed by atoms with Crippen LogP contribution >= 0.6 is 0 Å². The number of hydrogen-bond donors (Lipinski definition) is 1. The Labute approximate surface area is 153 Å². The first-order valence-corrected chi connectivity index (χ1v) is 8.76. The Hall–Kier alpha value is -2.67. The van der Waals surface area contributed by atoms with Crippen molar-refractivity contribution in [3.8, 4) is 5.75 Å². The Balaban J connectivity index is 1.65. The summed E-state index contributed by atoms with van der Waals surface area (Å²) in [4.78, 5) is 23.1. The third-order valence-electron chi connectivity index (χ3n) is 4.25. The Morgan fingerprint density at radius 1 is 1.27 bits per heavy atom. The van der Waals surface area contributed by atoms with Gasteiger partial charge in [0.1, 0.15) is 23.1 Å². The quantitative estimate of drug-likeness (QED) is 0.852. The van der Waals surface area contributed by atoms with Gasteiger partial charge in [0.15, 0.2) is 0 Å². The molecule has 26 heavy (non-hydrogen) atoms. The molecular weight excluding hydrogens is 332 g/mol. The van der Waals surface area contributed by atoms with Gasteiger partial charge in [-0.1, -0.05) is 18.2 Å². The van der Waals surface area contributed by atoms with E-state index in [1.165, 1.54) is 0 Å². The summed E-state index contributed by atoms with van der Waals surface area (Å²) in [5.74, 6) is 2.02. The van der Waals surface area contributed by atoms with E-state index in [1.54, 1.807) is 25.0 Å². The highest BCUT2D eigenvalue weighted by Crippen LogP contribution is 2.18. The number of aryl methyl sites for hydroxylation is 1. The third kappa shape index (κ3) is 4.49. The second kappa shape index (κ2) is 8.62. The number of nitrogens with one attached hydrogen (secondary N) is 1. The number of methoxy groups -OCH3 is 1. The molecule has 0 unspecified atom stereocenters. The van der Waals surface area contributed by atoms with Crippen LogP contribution in [0.2, 0.25) is 0 Å². The van der Waals surface area contributed by atoms with Gasteiger partial charge >= 0.3 is 0 Å². The predicted octanol–water partition coefficient (Wildman–Crippen LogP) is 1.92. The number of anilines is 1. The molecular formula is C19H24N4O3. The summed E-state index contributed by atoms with van der Waals surface area (Å²) >= 11 is 0. The van der Waals surface area contributed by atoms with E-state index in [0.29, 0.717) is 50.2 Å². The van der Waals surface area contributed by atoms with E-state index in [9.17, 15) is 4.79 Å². The summed E-state index contributed by atoms with van der Waals surface area (Å²) in [5, 5.41) is 3.28. The zero-order valence-electron chi connectivity index (χ0n) is 15.2. The number of ether oxygens (including phenoxy) is 2. The number of para-hydroxylation sites is 1. The standard InChI is InChI=1S/C19H24N4O3/c1-14-21-16(19(24)23-9-11-26-12-10-23)13-18(22-14)20-8-7-15-5-3-4-6-17(15)25-2/h3-6,13H,7-12H2,1-2H3,(H,20,21,22). The van der Waals surface area contributed by atoms with Gasteiger partial charge in [-0.05, 0) is 25.0 Å². The molecule has 1 aromatic heterocycles. The molecule has 1 N–H and O–H groups in total. The van der Waals surface area contributed by atoms with Gasteiger partial charge in [0.05, 0.1) is 20.3 Å². The van der Waals surface area contributed by atoms with Gasteiger partial charge in [-0.15, -0.1) is 0 Å². The minimum atomic E-state index is -0.0772. The Morgan fingerprint density at radius 3 is 2.81 bits per heavy atom. The molecule has 0 spiro atoms. The van der Waals surface area contributed by atoms with Crippen molar-refractivity contribution in [2.75, 3.05) is 45.3 Å². The summed E-state index contributed by atoms with van der Waals surface area (Å²) in [5.41, 5.74) is 1.54. The van der Waals surface area contributed by atoms with Crippen LogP contribution in [0.4, 0.5) is 5.82 Å². The molecule has 0 radical (unpaired) electrons. The molecule has 3 rings (SSSR count). The largest absolute Gasteiger partial charge is 0.496 e. The van der Waals surface area contributed by atoms with E-state index in [1.807, 2.05) is 24.3 Å². The average molecular weight is 356 g/mol. The monoisotopic (exact) mass is 356 g/mol. The van der Waals surface area contributed by atoms with Crippen molar-refractivity contribution in [2.24, 2.45) is 0 Å². The van der Waals surface area contributed by atoms with Crippen LogP contribution in [0.15, 0.2) is 30.3 Å². The highest BCUT2D eigenvalue weighted by Gasteiger charge is 2.20. The summed E-state index contributed by atoms with van der Waals surface area (Å²) < 4.78 is 10.7. The van der Waals surface area contributed by atoms with Gasteiger partial charge in [0, 0.05) is 25.7 Å². The number of carbonyl (C=O) groups excluding carboxylic acids is 1. The SMILES string of the molecule is COc1ccccc1CCNc1cc(C(=O)N2CCOCC2)nc(C)n1. The van der Waals surface area contributed by atoms with Crippen molar-refractivity contribution in [3.05, 3.63) is 47.4 Å². The third-order valence-corrected chi connectivity index (χ3v) is 4.25. The van der Waals surface area contributed by atoms with Crippen LogP contribution in [-0.2, 0) is 11.2 Å². The maximum absolute atomic E-state index is 12.6. The van der Waals surface area contributed by atoms with E-state index in [2.05, 4.69) is 15.3 Å². The van der Waals surface area contributed by atoms with Crippen molar-refractivity contribution >= 4 is 11.7 Å². The van der Waals surface area contributed by atoms with Gasteiger partial charge in [-0.3, -0.25) is 4.79 Å². The van der Waals surface area contributed by atoms with Crippen molar-refractivity contribution in [1.82, 2.24) is 14.9 Å². The predicted molar refractivity (Wildman–Crippen MR) is 98.7 cm³/mol. The average Bonchev–Trinajstić information content (AvgIpc) is 2.68. The van der Waals surface area contributed by atoms with E-state index in [-0.39, 0.29) is 5.91 Å². The van der Waals surface area contributed by atoms with Crippen LogP contribution in [-0.4, -0.2) is 60.7 Å². The van der Waals surface area contributed by atoms with E-state index >= 15 is 0 Å². The number of benzene rings is 1. The van der Waals surface area contributed by atoms with Crippen LogP contribution in [0, 0.1) is 6.92 Å². The second-order valence-corrected chi connectivity index (χ2v) is 6.08. The Kier molecular flexibility index (Phi) is 6.01. The van der Waals surface area contributed by atoms with E-state index in [4.69, 9.17) is 9.47 Å². The van der Waals surface area contributed by atoms with Crippen LogP contribution in [0.25, 0.3) is 0 Å². The zero-order valence-corrected chi connectivity index (χ0v) is 15.2. The minimum absolute atomic E-state index is 0.0772. The molecule has 1 aromatic carbocycles. The number of aromatic nitrogens is 2. The lowest BCUT2D eigenvalue weighted by molar-refractivity contribution is 0.0299. The molecule has 1 aliphatic rings. The van der Waals surface area contributed by atoms with Crippen molar-refractivity contribution in [3.63, 3.8) is 0 Å². The summed E-state index contributed by atoms with van der Waals surface area (Å²) in [6.45, 7) is 4.81. The molecule has 2 aromatic rings. The normalized spacial score (nSPS) is 14.2. The molecule has 7 nitrogen and oxygen atoms in total. The molecule has 0 bridgehead atoms. The highest BCUT2D eigenvalue weighted by molar-refractivity contribution is 5.93. The molecule has 1 aliphatic heterocycles. The number of morpholine rings is 1. The summed E-state index contributed by atoms with van der Waals surface area (Å²) in [6, 6.07) is 9.65. The molecule has 0 aliphatic carbocycles. The van der Waals surface area contributed by atoms with Gasteiger partial charge in [-0.2, -0.15) is 0 Å². The Bertz CT molecular complexity index is 760. The highest BCUT2D eigenvalue weighted by atomic mass is 16.5. The fourth-order valence-corrected chi connectivity index (χ4v) is 2.93. The smallest absolute Gasteiger partial charge is 0.272 e. The van der Waals surface area contributed by atoms with Crippen LogP contribution in [0.1, 0.15) is 21.9 Å². The van der Waals surface area contributed by atoms with Crippen molar-refractivity contribution < 1.29 is 14.3 Å². The summed E-state index contributed by atoms with van der Waals surface area (Å²) in [7, 11) is 1.67. The van der Waals surface area contributed by atoms with Crippen LogP contribution < -0.4 is 10.1 Å². The number of hydrogen-bond acceptors (Lipinski definition) is 6. The topological polar surface area (TPSA) is 76.6 Å². The van der Waals surface area contributed by atoms with Crippen LogP contribution in [0.3, 0.4) is 0 Å². The molecule has 0 saturated carbocycles. The first-order valence-electron chi connectivity index (χ1n) is 8.76. The number of amides is 1. The molecule has 138 valence electrons. The first kappa shape index (κ1) is 18.1. The number of rotatable bonds is 6. The zero-order chi connectivity index (χ0) is 18.4. The molecule has 7 heteroatoms. The van der Waals surface area contributed by atoms with E-state index < -0.39 is 0 Å². The fraction of sp³-hybridized carbons (Fsp3) is 0.421. The van der Waals surface area contributed by atoms with Crippen molar-refractivity contribution in [1.29, 1.82) is 0 Å². The number of nitrogens with zero attached hydrogens (tertiary/aromatic N) is 3. The van der Waals surface area contributed by atoms with E-state index in [0.717, 1.165) is 17.7 Å². The lowest BCUT2D eigenvalue weighted by Gasteiger charge is -2.26. The van der Waals surface area contributed by atoms with Gasteiger partial charge in [0.25, 0.3) is 5.91 Å². The molecule has 0 atom stereocenters. The second-order valence-electron chi connectivity index (χ2n) is 6.08. The van der Waals surface area contributed by atoms with Gasteiger partial charge in [-0.25, -0.2) is 9.97 Å². The molecule has 1 amide bonds. The minimum Gasteiger partial charge on any atom is -0.496 e. The maximum Gasteiger partial charge on any atom is 0.272 e. The molecule has 1 fully saturated rings. The number of carbonyl (C=O) groups is 1. The van der Waals surface area contributed by atoms with Crippen molar-refractivity contribution in [2.45, 2.75) is 13.3 Å². The lowest BCUT2D eigenvalue weighted by Crippen LogP contribution is -2.41. The maximum atomic E-state index is 12.6. The van der Waals surface area contributed by atoms with Gasteiger partial charge < -0.3 is 19.7 Å². The lowest BCUT2D eigenvalue weighted by atomic mass is 10.1. The Morgan fingerprint density at radius 2 is 2.04 bits per heavy atom. The van der Waals surface area contributed by atoms with Gasteiger partial charge in [0.2, 0.25) is 0 Å². The first-order chi connectivity index (χ1) is 12.7. The summed E-state index contributed by atoms with van der Waals surface area (Å²) in [6.07, 6.45) is 0.791.